The summed E-state index contributed by atoms with van der Waals surface area (Å²) >= 11 is 1.20. The number of methoxy groups -OCH3 is 1. The van der Waals surface area contributed by atoms with Crippen LogP contribution in [0.1, 0.15) is 54.6 Å². The van der Waals surface area contributed by atoms with Crippen LogP contribution in [0.25, 0.3) is 17.2 Å². The molecule has 1 heterocycles. The van der Waals surface area contributed by atoms with Crippen molar-refractivity contribution < 1.29 is 23.8 Å². The molecule has 1 amide bonds. The number of hydrogen-bond donors (Lipinski definition) is 1. The molecule has 0 atom stereocenters. The maximum absolute atomic E-state index is 13.1. The Morgan fingerprint density at radius 2 is 1.84 bits per heavy atom. The SMILES string of the molecule is CCCCCOc1ccc(/C=C(/C#N)C(=O)Nc2scc(-c3ccc(C)cc3)c2C(=O)OCC)cc1OC. The second-order valence-corrected chi connectivity index (χ2v) is 9.41. The summed E-state index contributed by atoms with van der Waals surface area (Å²) < 4.78 is 16.5. The molecule has 0 saturated heterocycles. The minimum Gasteiger partial charge on any atom is -0.493 e. The molecule has 0 radical (unpaired) electrons. The molecule has 7 nitrogen and oxygen atoms in total. The fraction of sp³-hybridized carbons (Fsp3) is 0.300. The van der Waals surface area contributed by atoms with Crippen molar-refractivity contribution in [2.45, 2.75) is 40.0 Å². The number of benzene rings is 2. The number of esters is 1. The number of rotatable bonds is 12. The van der Waals surface area contributed by atoms with Crippen LogP contribution >= 0.6 is 11.3 Å². The van der Waals surface area contributed by atoms with E-state index in [-0.39, 0.29) is 17.7 Å². The number of amides is 1. The molecule has 0 unspecified atom stereocenters. The zero-order valence-corrected chi connectivity index (χ0v) is 22.9. The number of aryl methyl sites for hydroxylation is 1. The van der Waals surface area contributed by atoms with E-state index >= 15 is 0 Å². The summed E-state index contributed by atoms with van der Waals surface area (Å²) in [5, 5.41) is 14.6. The Bertz CT molecular complexity index is 1340. The van der Waals surface area contributed by atoms with E-state index in [1.165, 1.54) is 17.4 Å². The minimum atomic E-state index is -0.630. The topological polar surface area (TPSA) is 97.7 Å². The zero-order chi connectivity index (χ0) is 27.5. The fourth-order valence-corrected chi connectivity index (χ4v) is 4.67. The van der Waals surface area contributed by atoms with Gasteiger partial charge in [-0.2, -0.15) is 5.26 Å². The second kappa shape index (κ2) is 14.0. The Morgan fingerprint density at radius 3 is 2.50 bits per heavy atom. The largest absolute Gasteiger partial charge is 0.493 e. The van der Waals surface area contributed by atoms with E-state index < -0.39 is 11.9 Å². The molecule has 38 heavy (non-hydrogen) atoms. The summed E-state index contributed by atoms with van der Waals surface area (Å²) in [6, 6.07) is 14.9. The van der Waals surface area contributed by atoms with Crippen molar-refractivity contribution in [3.8, 4) is 28.7 Å². The van der Waals surface area contributed by atoms with Crippen molar-refractivity contribution >= 4 is 34.3 Å². The van der Waals surface area contributed by atoms with Crippen molar-refractivity contribution in [3.05, 3.63) is 70.1 Å². The van der Waals surface area contributed by atoms with Crippen molar-refractivity contribution in [2.24, 2.45) is 0 Å². The predicted molar refractivity (Wildman–Crippen MR) is 151 cm³/mol. The lowest BCUT2D eigenvalue weighted by Crippen LogP contribution is -2.16. The number of nitrogens with one attached hydrogen (secondary N) is 1. The van der Waals surface area contributed by atoms with Crippen LogP contribution in [0.3, 0.4) is 0 Å². The average Bonchev–Trinajstić information content (AvgIpc) is 3.34. The fourth-order valence-electron chi connectivity index (χ4n) is 3.71. The molecule has 1 N–H and O–H groups in total. The summed E-state index contributed by atoms with van der Waals surface area (Å²) in [5.74, 6) is -0.0564. The molecule has 198 valence electrons. The van der Waals surface area contributed by atoms with Gasteiger partial charge in [-0.3, -0.25) is 4.79 Å². The first-order chi connectivity index (χ1) is 18.4. The molecule has 3 aromatic rings. The van der Waals surface area contributed by atoms with Crippen molar-refractivity contribution in [1.29, 1.82) is 5.26 Å². The van der Waals surface area contributed by atoms with E-state index in [1.807, 2.05) is 37.3 Å². The molecular weight excluding hydrogens is 500 g/mol. The first-order valence-electron chi connectivity index (χ1n) is 12.5. The van der Waals surface area contributed by atoms with Crippen LogP contribution < -0.4 is 14.8 Å². The third kappa shape index (κ3) is 7.24. The highest BCUT2D eigenvalue weighted by molar-refractivity contribution is 7.15. The molecule has 0 spiro atoms. The summed E-state index contributed by atoms with van der Waals surface area (Å²) in [6.07, 6.45) is 4.60. The third-order valence-corrected chi connectivity index (χ3v) is 6.62. The Balaban J connectivity index is 1.86. The smallest absolute Gasteiger partial charge is 0.341 e. The third-order valence-electron chi connectivity index (χ3n) is 5.73. The number of carbonyl (C=O) groups excluding carboxylic acids is 2. The predicted octanol–water partition coefficient (Wildman–Crippen LogP) is 7.02. The Hall–Kier alpha value is -4.09. The molecule has 0 aliphatic rings. The molecule has 8 heteroatoms. The van der Waals surface area contributed by atoms with Crippen LogP contribution in [0, 0.1) is 18.3 Å². The van der Waals surface area contributed by atoms with Crippen LogP contribution in [0.15, 0.2) is 53.4 Å². The summed E-state index contributed by atoms with van der Waals surface area (Å²) in [6.45, 7) is 6.61. The van der Waals surface area contributed by atoms with E-state index in [1.54, 1.807) is 37.6 Å². The van der Waals surface area contributed by atoms with Crippen molar-refractivity contribution in [2.75, 3.05) is 25.6 Å². The van der Waals surface area contributed by atoms with Gasteiger partial charge in [-0.1, -0.05) is 55.7 Å². The normalized spacial score (nSPS) is 11.0. The quantitative estimate of drug-likeness (QED) is 0.116. The standard InChI is InChI=1S/C30H32N2O5S/c1-5-7-8-15-37-25-14-11-21(17-26(25)35-4)16-23(18-31)28(33)32-29-27(30(34)36-6-2)24(19-38-29)22-12-9-20(3)10-13-22/h9-14,16-17,19H,5-8,15H2,1-4H3,(H,32,33)/b23-16-. The highest BCUT2D eigenvalue weighted by Gasteiger charge is 2.24. The number of hydrogen-bond acceptors (Lipinski definition) is 7. The van der Waals surface area contributed by atoms with Gasteiger partial charge in [0.15, 0.2) is 11.5 Å². The molecule has 0 saturated carbocycles. The van der Waals surface area contributed by atoms with Gasteiger partial charge in [-0.05, 0) is 49.6 Å². The minimum absolute atomic E-state index is 0.122. The van der Waals surface area contributed by atoms with Crippen LogP contribution in [0.2, 0.25) is 0 Å². The van der Waals surface area contributed by atoms with Crippen LogP contribution in [-0.4, -0.2) is 32.2 Å². The highest BCUT2D eigenvalue weighted by Crippen LogP contribution is 2.37. The number of nitrogens with zero attached hydrogens (tertiary/aromatic N) is 1. The Kier molecular flexibility index (Phi) is 10.5. The Labute approximate surface area is 227 Å². The van der Waals surface area contributed by atoms with E-state index in [9.17, 15) is 14.9 Å². The van der Waals surface area contributed by atoms with E-state index in [0.29, 0.717) is 34.2 Å². The summed E-state index contributed by atoms with van der Waals surface area (Å²) in [7, 11) is 1.54. The van der Waals surface area contributed by atoms with Gasteiger partial charge in [0.2, 0.25) is 0 Å². The number of anilines is 1. The van der Waals surface area contributed by atoms with Gasteiger partial charge in [0, 0.05) is 10.9 Å². The first kappa shape index (κ1) is 28.5. The molecule has 0 aliphatic carbocycles. The molecule has 0 fully saturated rings. The molecule has 0 aliphatic heterocycles. The summed E-state index contributed by atoms with van der Waals surface area (Å²) in [5.41, 5.74) is 3.32. The van der Waals surface area contributed by atoms with E-state index in [0.717, 1.165) is 30.4 Å². The molecule has 0 bridgehead atoms. The van der Waals surface area contributed by atoms with Crippen LogP contribution in [-0.2, 0) is 9.53 Å². The van der Waals surface area contributed by atoms with Gasteiger partial charge in [0.1, 0.15) is 22.2 Å². The number of unbranched alkanes of at least 4 members (excludes halogenated alkanes) is 2. The maximum Gasteiger partial charge on any atom is 0.341 e. The van der Waals surface area contributed by atoms with Crippen molar-refractivity contribution in [3.63, 3.8) is 0 Å². The van der Waals surface area contributed by atoms with Gasteiger partial charge in [0.25, 0.3) is 5.91 Å². The number of nitriles is 1. The maximum atomic E-state index is 13.1. The number of ether oxygens (including phenoxy) is 3. The van der Waals surface area contributed by atoms with Crippen molar-refractivity contribution in [1.82, 2.24) is 0 Å². The summed E-state index contributed by atoms with van der Waals surface area (Å²) in [4.78, 5) is 25.9. The lowest BCUT2D eigenvalue weighted by molar-refractivity contribution is -0.112. The molecule has 3 rings (SSSR count). The van der Waals surface area contributed by atoms with Gasteiger partial charge < -0.3 is 19.5 Å². The monoisotopic (exact) mass is 532 g/mol. The van der Waals surface area contributed by atoms with Crippen LogP contribution in [0.4, 0.5) is 5.00 Å². The molecule has 2 aromatic carbocycles. The van der Waals surface area contributed by atoms with Crippen LogP contribution in [0.5, 0.6) is 11.5 Å². The first-order valence-corrected chi connectivity index (χ1v) is 13.4. The second-order valence-electron chi connectivity index (χ2n) is 8.53. The van der Waals surface area contributed by atoms with Gasteiger partial charge in [-0.25, -0.2) is 4.79 Å². The number of thiophene rings is 1. The zero-order valence-electron chi connectivity index (χ0n) is 22.1. The van der Waals surface area contributed by atoms with Gasteiger partial charge >= 0.3 is 5.97 Å². The van der Waals surface area contributed by atoms with Gasteiger partial charge in [-0.15, -0.1) is 11.3 Å². The highest BCUT2D eigenvalue weighted by atomic mass is 32.1. The van der Waals surface area contributed by atoms with Gasteiger partial charge in [0.05, 0.1) is 20.3 Å². The van der Waals surface area contributed by atoms with E-state index in [4.69, 9.17) is 14.2 Å². The van der Waals surface area contributed by atoms with E-state index in [2.05, 4.69) is 12.2 Å². The molecular formula is C30H32N2O5S. The Morgan fingerprint density at radius 1 is 1.08 bits per heavy atom. The number of carbonyl (C=O) groups is 2. The molecule has 1 aromatic heterocycles. The lowest BCUT2D eigenvalue weighted by Gasteiger charge is -2.11. The average molecular weight is 533 g/mol. The lowest BCUT2D eigenvalue weighted by atomic mass is 10.0.